The fraction of sp³-hybridized carbons (Fsp3) is 0.458. The van der Waals surface area contributed by atoms with Crippen molar-refractivity contribution in [3.8, 4) is 5.75 Å². The van der Waals surface area contributed by atoms with Gasteiger partial charge in [0.2, 0.25) is 10.0 Å². The van der Waals surface area contributed by atoms with Gasteiger partial charge >= 0.3 is 5.97 Å². The number of phenols is 1. The maximum absolute atomic E-state index is 13.2. The summed E-state index contributed by atoms with van der Waals surface area (Å²) in [6.45, 7) is 2.51. The molecule has 0 saturated carbocycles. The first-order valence-electron chi connectivity index (χ1n) is 11.5. The Morgan fingerprint density at radius 2 is 1.92 bits per heavy atom. The average molecular weight is 577 g/mol. The number of carboxylic acid groups (broad SMARTS) is 1. The number of hydrogen-bond acceptors (Lipinski definition) is 6. The molecular weight excluding hydrogens is 546 g/mol. The number of carbonyl (C=O) groups is 1. The van der Waals surface area contributed by atoms with Crippen LogP contribution < -0.4 is 10.6 Å². The third-order valence-corrected chi connectivity index (χ3v) is 10.9. The number of aliphatic carboxylic acids is 1. The number of nitrogens with one attached hydrogen (secondary N) is 1. The van der Waals surface area contributed by atoms with E-state index in [4.69, 9.17) is 23.2 Å². The zero-order valence-electron chi connectivity index (χ0n) is 20.2. The lowest BCUT2D eigenvalue weighted by molar-refractivity contribution is -0.140. The van der Waals surface area contributed by atoms with Crippen molar-refractivity contribution in [1.29, 1.82) is 0 Å². The molecule has 3 N–H and O–H groups in total. The highest BCUT2D eigenvalue weighted by Gasteiger charge is 2.32. The number of nitrogens with zero attached hydrogens (tertiary/aromatic N) is 1. The van der Waals surface area contributed by atoms with Crippen LogP contribution in [0, 0.1) is 5.92 Å². The van der Waals surface area contributed by atoms with Gasteiger partial charge in [-0.25, -0.2) is 12.7 Å². The van der Waals surface area contributed by atoms with E-state index < -0.39 is 29.2 Å². The van der Waals surface area contributed by atoms with E-state index in [1.807, 2.05) is 0 Å². The molecule has 0 aliphatic carbocycles. The highest BCUT2D eigenvalue weighted by atomic mass is 35.5. The van der Waals surface area contributed by atoms with Gasteiger partial charge in [-0.1, -0.05) is 35.3 Å². The van der Waals surface area contributed by atoms with Crippen molar-refractivity contribution in [3.63, 3.8) is 0 Å². The predicted molar refractivity (Wildman–Crippen MR) is 144 cm³/mol. The average Bonchev–Trinajstić information content (AvgIpc) is 3.25. The van der Waals surface area contributed by atoms with E-state index in [1.54, 1.807) is 30.9 Å². The number of carboxylic acids is 1. The van der Waals surface area contributed by atoms with Crippen molar-refractivity contribution < 1.29 is 28.0 Å². The summed E-state index contributed by atoms with van der Waals surface area (Å²) in [4.78, 5) is 11.8. The maximum atomic E-state index is 13.2. The van der Waals surface area contributed by atoms with Gasteiger partial charge in [-0.3, -0.25) is 4.79 Å². The number of benzene rings is 2. The number of phenolic OH excluding ortho intramolecular Hbond substituents is 1. The number of halogens is 2. The minimum absolute atomic E-state index is 0.0575. The quantitative estimate of drug-likeness (QED) is 0.348. The number of hydrogen-bond donors (Lipinski definition) is 3. The van der Waals surface area contributed by atoms with E-state index in [2.05, 4.69) is 5.32 Å². The van der Waals surface area contributed by atoms with Crippen molar-refractivity contribution in [3.05, 3.63) is 57.6 Å². The van der Waals surface area contributed by atoms with Crippen LogP contribution in [0.25, 0.3) is 0 Å². The van der Waals surface area contributed by atoms with Gasteiger partial charge in [0.05, 0.1) is 6.26 Å². The van der Waals surface area contributed by atoms with Gasteiger partial charge in [0.15, 0.2) is 0 Å². The van der Waals surface area contributed by atoms with E-state index in [1.165, 1.54) is 16.4 Å². The SMILES string of the molecule is CP(=O)(CCc1cc(Cl)c(CNC(CC2CCN(S(C)(=O)=O)C2)C(=O)O)c(Cl)c1)c1cccc(O)c1. The molecule has 2 aromatic rings. The van der Waals surface area contributed by atoms with E-state index in [9.17, 15) is 28.0 Å². The van der Waals surface area contributed by atoms with Crippen molar-refractivity contribution in [1.82, 2.24) is 9.62 Å². The Morgan fingerprint density at radius 1 is 1.25 bits per heavy atom. The highest BCUT2D eigenvalue weighted by molar-refractivity contribution is 7.88. The molecule has 8 nitrogen and oxygen atoms in total. The lowest BCUT2D eigenvalue weighted by Crippen LogP contribution is -2.38. The molecule has 0 spiro atoms. The van der Waals surface area contributed by atoms with Gasteiger partial charge in [0.1, 0.15) is 18.9 Å². The molecule has 3 atom stereocenters. The molecule has 1 aliphatic heterocycles. The summed E-state index contributed by atoms with van der Waals surface area (Å²) in [5.41, 5.74) is 1.36. The second-order valence-corrected chi connectivity index (χ2v) is 15.4. The molecule has 0 aromatic heterocycles. The highest BCUT2D eigenvalue weighted by Crippen LogP contribution is 2.41. The standard InChI is InChI=1S/C24H31Cl2N2O6PS/c1-35(32,19-5-3-4-18(29)13-19)9-7-16-10-21(25)20(22(26)11-16)14-27-23(24(30)31)12-17-6-8-28(15-17)36(2,33)34/h3-5,10-11,13,17,23,27,29H,6-9,12,14-15H2,1-2H3,(H,30,31). The van der Waals surface area contributed by atoms with Crippen LogP contribution in [0.5, 0.6) is 5.75 Å². The molecule has 1 saturated heterocycles. The van der Waals surface area contributed by atoms with Crippen LogP contribution in [-0.4, -0.2) is 67.1 Å². The fourth-order valence-corrected chi connectivity index (χ4v) is 7.68. The Morgan fingerprint density at radius 3 is 2.47 bits per heavy atom. The van der Waals surface area contributed by atoms with Gasteiger partial charge in [0, 0.05) is 46.7 Å². The summed E-state index contributed by atoms with van der Waals surface area (Å²) in [5.74, 6) is -1.02. The Kier molecular flexibility index (Phi) is 9.52. The Labute approximate surface area is 222 Å². The zero-order valence-corrected chi connectivity index (χ0v) is 23.4. The third-order valence-electron chi connectivity index (χ3n) is 6.51. The number of aromatic hydroxyl groups is 1. The monoisotopic (exact) mass is 576 g/mol. The minimum atomic E-state index is -3.29. The molecule has 198 valence electrons. The topological polar surface area (TPSA) is 124 Å². The van der Waals surface area contributed by atoms with Crippen molar-refractivity contribution in [2.24, 2.45) is 5.92 Å². The van der Waals surface area contributed by atoms with Gasteiger partial charge in [0.25, 0.3) is 0 Å². The lowest BCUT2D eigenvalue weighted by atomic mass is 9.99. The van der Waals surface area contributed by atoms with Crippen LogP contribution in [0.2, 0.25) is 10.0 Å². The molecular formula is C24H31Cl2N2O6PS. The summed E-state index contributed by atoms with van der Waals surface area (Å²) in [7, 11) is -6.00. The molecule has 36 heavy (non-hydrogen) atoms. The van der Waals surface area contributed by atoms with Crippen molar-refractivity contribution in [2.75, 3.05) is 32.2 Å². The first-order chi connectivity index (χ1) is 16.8. The maximum Gasteiger partial charge on any atom is 0.320 e. The van der Waals surface area contributed by atoms with E-state index in [-0.39, 0.29) is 24.6 Å². The van der Waals surface area contributed by atoms with E-state index in [0.29, 0.717) is 53.0 Å². The van der Waals surface area contributed by atoms with Gasteiger partial charge in [-0.05, 0) is 61.7 Å². The Hall–Kier alpha value is -1.61. The molecule has 1 heterocycles. The zero-order chi connectivity index (χ0) is 26.7. The van der Waals surface area contributed by atoms with Crippen LogP contribution in [-0.2, 0) is 32.3 Å². The molecule has 12 heteroatoms. The summed E-state index contributed by atoms with van der Waals surface area (Å²) in [5, 5.41) is 23.7. The summed E-state index contributed by atoms with van der Waals surface area (Å²) < 4.78 is 38.0. The van der Waals surface area contributed by atoms with Gasteiger partial charge < -0.3 is 20.1 Å². The first kappa shape index (κ1) is 29.0. The first-order valence-corrected chi connectivity index (χ1v) is 16.4. The van der Waals surface area contributed by atoms with Crippen LogP contribution in [0.3, 0.4) is 0 Å². The van der Waals surface area contributed by atoms with E-state index >= 15 is 0 Å². The van der Waals surface area contributed by atoms with Crippen molar-refractivity contribution >= 4 is 51.6 Å². The normalized spacial score (nSPS) is 19.2. The predicted octanol–water partition coefficient (Wildman–Crippen LogP) is 3.77. The second kappa shape index (κ2) is 11.8. The third kappa shape index (κ3) is 7.70. The van der Waals surface area contributed by atoms with Crippen LogP contribution in [0.15, 0.2) is 36.4 Å². The second-order valence-electron chi connectivity index (χ2n) is 9.42. The molecule has 0 amide bonds. The van der Waals surface area contributed by atoms with Crippen LogP contribution in [0.1, 0.15) is 24.0 Å². The summed E-state index contributed by atoms with van der Waals surface area (Å²) >= 11 is 13.0. The molecule has 0 radical (unpaired) electrons. The minimum Gasteiger partial charge on any atom is -0.508 e. The van der Waals surface area contributed by atoms with Gasteiger partial charge in [-0.15, -0.1) is 0 Å². The number of sulfonamides is 1. The Balaban J connectivity index is 1.62. The lowest BCUT2D eigenvalue weighted by Gasteiger charge is -2.20. The summed E-state index contributed by atoms with van der Waals surface area (Å²) in [6, 6.07) is 9.04. The largest absolute Gasteiger partial charge is 0.508 e. The smallest absolute Gasteiger partial charge is 0.320 e. The van der Waals surface area contributed by atoms with Crippen LogP contribution >= 0.6 is 30.3 Å². The molecule has 3 unspecified atom stereocenters. The fourth-order valence-electron chi connectivity index (χ4n) is 4.35. The molecule has 2 aromatic carbocycles. The molecule has 1 aliphatic rings. The van der Waals surface area contributed by atoms with Crippen LogP contribution in [0.4, 0.5) is 0 Å². The molecule has 3 rings (SSSR count). The number of aryl methyl sites for hydroxylation is 1. The van der Waals surface area contributed by atoms with Gasteiger partial charge in [-0.2, -0.15) is 0 Å². The molecule has 1 fully saturated rings. The Bertz CT molecular complexity index is 1250. The molecule has 0 bridgehead atoms. The van der Waals surface area contributed by atoms with Crippen molar-refractivity contribution in [2.45, 2.75) is 31.8 Å². The van der Waals surface area contributed by atoms with E-state index in [0.717, 1.165) is 11.8 Å². The number of rotatable bonds is 11. The summed E-state index contributed by atoms with van der Waals surface area (Å²) in [6.07, 6.45) is 2.89.